The van der Waals surface area contributed by atoms with Crippen LogP contribution < -0.4 is 0 Å². The molecule has 1 fully saturated rings. The largest absolute Gasteiger partial charge is 0.460 e. The first-order chi connectivity index (χ1) is 17.9. The van der Waals surface area contributed by atoms with E-state index in [4.69, 9.17) is 9.72 Å². The molecule has 1 aromatic heterocycles. The van der Waals surface area contributed by atoms with Gasteiger partial charge in [0.2, 0.25) is 0 Å². The number of rotatable bonds is 14. The molecule has 0 spiro atoms. The van der Waals surface area contributed by atoms with Gasteiger partial charge in [0.15, 0.2) is 12.0 Å². The monoisotopic (exact) mass is 510 g/mol. The second kappa shape index (κ2) is 15.2. The Morgan fingerprint density at radius 2 is 1.65 bits per heavy atom. The van der Waals surface area contributed by atoms with Gasteiger partial charge in [-0.05, 0) is 61.5 Å². The minimum Gasteiger partial charge on any atom is -0.460 e. The third-order valence-corrected chi connectivity index (χ3v) is 8.14. The van der Waals surface area contributed by atoms with Gasteiger partial charge < -0.3 is 4.74 Å². The van der Waals surface area contributed by atoms with E-state index >= 15 is 0 Å². The van der Waals surface area contributed by atoms with Gasteiger partial charge in [-0.3, -0.25) is 0 Å². The fourth-order valence-corrected chi connectivity index (χ4v) is 5.25. The van der Waals surface area contributed by atoms with E-state index in [9.17, 15) is 9.18 Å². The molecule has 0 amide bonds. The molecule has 4 nitrogen and oxygen atoms in total. The predicted molar refractivity (Wildman–Crippen MR) is 149 cm³/mol. The van der Waals surface area contributed by atoms with Crippen molar-refractivity contribution in [1.82, 2.24) is 9.97 Å². The van der Waals surface area contributed by atoms with Gasteiger partial charge in [-0.1, -0.05) is 96.9 Å². The van der Waals surface area contributed by atoms with Crippen molar-refractivity contribution in [2.24, 2.45) is 5.92 Å². The lowest BCUT2D eigenvalue weighted by Crippen LogP contribution is -2.31. The number of aromatic nitrogens is 2. The van der Waals surface area contributed by atoms with E-state index in [-0.39, 0.29) is 12.0 Å². The van der Waals surface area contributed by atoms with Gasteiger partial charge in [-0.2, -0.15) is 0 Å². The van der Waals surface area contributed by atoms with E-state index in [0.717, 1.165) is 42.8 Å². The van der Waals surface area contributed by atoms with E-state index in [0.29, 0.717) is 18.3 Å². The van der Waals surface area contributed by atoms with Crippen molar-refractivity contribution in [3.63, 3.8) is 0 Å². The van der Waals surface area contributed by atoms with Crippen molar-refractivity contribution in [2.75, 3.05) is 0 Å². The summed E-state index contributed by atoms with van der Waals surface area (Å²) in [4.78, 5) is 21.5. The fourth-order valence-electron chi connectivity index (χ4n) is 5.25. The summed E-state index contributed by atoms with van der Waals surface area (Å²) in [6, 6.07) is 10.7. The van der Waals surface area contributed by atoms with Crippen LogP contribution in [0.5, 0.6) is 0 Å². The van der Waals surface area contributed by atoms with Gasteiger partial charge >= 0.3 is 5.97 Å². The molecule has 0 N–H and O–H groups in total. The van der Waals surface area contributed by atoms with E-state index in [1.54, 1.807) is 6.92 Å². The lowest BCUT2D eigenvalue weighted by atomic mass is 9.82. The molecule has 1 unspecified atom stereocenters. The molecule has 5 heteroatoms. The second-order valence-electron chi connectivity index (χ2n) is 11.1. The van der Waals surface area contributed by atoms with Crippen molar-refractivity contribution >= 4 is 5.97 Å². The van der Waals surface area contributed by atoms with Crippen LogP contribution in [0, 0.1) is 5.92 Å². The highest BCUT2D eigenvalue weighted by Crippen LogP contribution is 2.35. The van der Waals surface area contributed by atoms with Gasteiger partial charge in [-0.15, -0.1) is 0 Å². The first kappa shape index (κ1) is 29.3. The highest BCUT2D eigenvalue weighted by atomic mass is 19.1. The van der Waals surface area contributed by atoms with Gasteiger partial charge in [0, 0.05) is 17.5 Å². The SMILES string of the molecule is CCCCCCCCC(C)c1ccnc(-c2ccc(C3CCC(OC(=O)[C@@H](F)[C@@H](C)CC)CC3)cc2)n1. The van der Waals surface area contributed by atoms with E-state index in [1.807, 2.05) is 13.1 Å². The van der Waals surface area contributed by atoms with Crippen LogP contribution in [-0.2, 0) is 9.53 Å². The van der Waals surface area contributed by atoms with Gasteiger partial charge in [0.1, 0.15) is 6.10 Å². The average molecular weight is 511 g/mol. The van der Waals surface area contributed by atoms with Crippen LogP contribution in [0.1, 0.15) is 128 Å². The summed E-state index contributed by atoms with van der Waals surface area (Å²) in [6.45, 7) is 8.17. The molecule has 3 rings (SSSR count). The number of carbonyl (C=O) groups excluding carboxylic acids is 1. The zero-order valence-electron chi connectivity index (χ0n) is 23.4. The number of hydrogen-bond acceptors (Lipinski definition) is 4. The van der Waals surface area contributed by atoms with Crippen LogP contribution in [0.3, 0.4) is 0 Å². The van der Waals surface area contributed by atoms with Gasteiger partial charge in [-0.25, -0.2) is 19.2 Å². The number of ether oxygens (including phenoxy) is 1. The normalized spacial score (nSPS) is 20.2. The quantitative estimate of drug-likeness (QED) is 0.188. The number of unbranched alkanes of at least 4 members (excludes halogenated alkanes) is 5. The van der Waals surface area contributed by atoms with E-state index in [2.05, 4.69) is 49.2 Å². The highest BCUT2D eigenvalue weighted by Gasteiger charge is 2.30. The van der Waals surface area contributed by atoms with E-state index < -0.39 is 12.1 Å². The molecule has 0 aliphatic heterocycles. The molecule has 2 aromatic rings. The zero-order valence-corrected chi connectivity index (χ0v) is 23.4. The number of nitrogens with zero attached hydrogens (tertiary/aromatic N) is 2. The lowest BCUT2D eigenvalue weighted by Gasteiger charge is -2.29. The van der Waals surface area contributed by atoms with Crippen LogP contribution in [-0.4, -0.2) is 28.2 Å². The maximum atomic E-state index is 14.2. The summed E-state index contributed by atoms with van der Waals surface area (Å²) in [7, 11) is 0. The Morgan fingerprint density at radius 3 is 2.32 bits per heavy atom. The van der Waals surface area contributed by atoms with E-state index in [1.165, 1.54) is 50.5 Å². The number of benzene rings is 1. The third-order valence-electron chi connectivity index (χ3n) is 8.14. The Balaban J connectivity index is 1.49. The van der Waals surface area contributed by atoms with Crippen molar-refractivity contribution in [1.29, 1.82) is 0 Å². The van der Waals surface area contributed by atoms with Crippen LogP contribution >= 0.6 is 0 Å². The second-order valence-corrected chi connectivity index (χ2v) is 11.1. The molecule has 37 heavy (non-hydrogen) atoms. The summed E-state index contributed by atoms with van der Waals surface area (Å²) in [5, 5.41) is 0. The summed E-state index contributed by atoms with van der Waals surface area (Å²) in [5.41, 5.74) is 3.46. The maximum absolute atomic E-state index is 14.2. The Bertz CT molecular complexity index is 940. The smallest absolute Gasteiger partial charge is 0.341 e. The Kier molecular flexibility index (Phi) is 12.0. The van der Waals surface area contributed by atoms with Crippen molar-refractivity contribution in [3.05, 3.63) is 47.8 Å². The third kappa shape index (κ3) is 8.90. The molecule has 1 aliphatic rings. The maximum Gasteiger partial charge on any atom is 0.341 e. The number of esters is 1. The zero-order chi connectivity index (χ0) is 26.6. The number of halogens is 1. The summed E-state index contributed by atoms with van der Waals surface area (Å²) < 4.78 is 19.6. The molecule has 1 aromatic carbocycles. The minimum absolute atomic E-state index is 0.167. The predicted octanol–water partition coefficient (Wildman–Crippen LogP) is 8.95. The number of alkyl halides is 1. The Hall–Kier alpha value is -2.30. The molecular formula is C32H47FN2O2. The van der Waals surface area contributed by atoms with Gasteiger partial charge in [0.05, 0.1) is 0 Å². The van der Waals surface area contributed by atoms with Crippen LogP contribution in [0.15, 0.2) is 36.5 Å². The average Bonchev–Trinajstić information content (AvgIpc) is 2.94. The van der Waals surface area contributed by atoms with Crippen LogP contribution in [0.2, 0.25) is 0 Å². The van der Waals surface area contributed by atoms with Crippen molar-refractivity contribution in [3.8, 4) is 11.4 Å². The summed E-state index contributed by atoms with van der Waals surface area (Å²) in [6.07, 6.45) is 13.4. The summed E-state index contributed by atoms with van der Waals surface area (Å²) in [5.74, 6) is 0.677. The minimum atomic E-state index is -1.52. The standard InChI is InChI=1S/C32H47FN2O2/c1-5-7-8-9-10-11-12-24(4)29-21-22-34-31(35-29)27-15-13-25(14-16-27)26-17-19-28(20-18-26)37-32(36)30(33)23(3)6-2/h13-16,21-24,26,28,30H,5-12,17-20H2,1-4H3/t23-,24?,26?,28?,30-/m0/s1. The van der Waals surface area contributed by atoms with Crippen LogP contribution in [0.4, 0.5) is 4.39 Å². The molecule has 1 aliphatic carbocycles. The number of carbonyl (C=O) groups is 1. The fraction of sp³-hybridized carbons (Fsp3) is 0.656. The highest BCUT2D eigenvalue weighted by molar-refractivity contribution is 5.75. The van der Waals surface area contributed by atoms with Crippen LogP contribution in [0.25, 0.3) is 11.4 Å². The molecule has 0 bridgehead atoms. The topological polar surface area (TPSA) is 52.1 Å². The summed E-state index contributed by atoms with van der Waals surface area (Å²) >= 11 is 0. The first-order valence-corrected chi connectivity index (χ1v) is 14.7. The molecule has 1 heterocycles. The lowest BCUT2D eigenvalue weighted by molar-refractivity contribution is -0.158. The molecule has 204 valence electrons. The molecular weight excluding hydrogens is 463 g/mol. The molecule has 1 saturated carbocycles. The molecule has 3 atom stereocenters. The Morgan fingerprint density at radius 1 is 0.973 bits per heavy atom. The number of hydrogen-bond donors (Lipinski definition) is 0. The first-order valence-electron chi connectivity index (χ1n) is 14.7. The molecule has 0 radical (unpaired) electrons. The Labute approximate surface area is 223 Å². The van der Waals surface area contributed by atoms with Crippen molar-refractivity contribution < 1.29 is 13.9 Å². The van der Waals surface area contributed by atoms with Crippen molar-refractivity contribution in [2.45, 2.75) is 129 Å². The van der Waals surface area contributed by atoms with Gasteiger partial charge in [0.25, 0.3) is 0 Å². The molecule has 0 saturated heterocycles.